The van der Waals surface area contributed by atoms with Crippen LogP contribution in [0.25, 0.3) is 6.08 Å². The maximum absolute atomic E-state index is 12.6. The summed E-state index contributed by atoms with van der Waals surface area (Å²) < 4.78 is 17.1. The number of rotatable bonds is 10. The van der Waals surface area contributed by atoms with Gasteiger partial charge in [0, 0.05) is 17.2 Å². The number of carbonyl (C=O) groups excluding carboxylic acids is 1. The smallest absolute Gasteiger partial charge is 0.185 e. The molecule has 2 rings (SSSR count). The molecule has 0 radical (unpaired) electrons. The number of hydrogen-bond acceptors (Lipinski definition) is 4. The Hall–Kier alpha value is -2.75. The number of benzene rings is 2. The molecule has 0 amide bonds. The fourth-order valence-corrected chi connectivity index (χ4v) is 3.02. The molecule has 4 nitrogen and oxygen atoms in total. The largest absolute Gasteiger partial charge is 0.497 e. The molecular weight excluding hydrogens is 364 g/mol. The van der Waals surface area contributed by atoms with Gasteiger partial charge in [0.25, 0.3) is 0 Å². The monoisotopic (exact) mass is 396 g/mol. The molecule has 0 heterocycles. The van der Waals surface area contributed by atoms with Gasteiger partial charge in [0.2, 0.25) is 0 Å². The molecule has 0 saturated carbocycles. The quantitative estimate of drug-likeness (QED) is 0.358. The molecule has 0 N–H and O–H groups in total. The Morgan fingerprint density at radius 2 is 1.62 bits per heavy atom. The van der Waals surface area contributed by atoms with E-state index in [2.05, 4.69) is 6.92 Å². The number of carbonyl (C=O) groups is 1. The third kappa shape index (κ3) is 6.67. The number of ketones is 1. The minimum absolute atomic E-state index is 0.0525. The van der Waals surface area contributed by atoms with Gasteiger partial charge in [-0.1, -0.05) is 19.4 Å². The summed E-state index contributed by atoms with van der Waals surface area (Å²) in [6, 6.07) is 11.0. The van der Waals surface area contributed by atoms with Crippen LogP contribution in [0, 0.1) is 0 Å². The second-order valence-corrected chi connectivity index (χ2v) is 7.50. The first-order valence-electron chi connectivity index (χ1n) is 10.2. The summed E-state index contributed by atoms with van der Waals surface area (Å²) in [5, 5.41) is 0. The molecule has 2 aromatic rings. The van der Waals surface area contributed by atoms with Crippen LogP contribution in [0.15, 0.2) is 42.5 Å². The highest BCUT2D eigenvalue weighted by molar-refractivity contribution is 6.07. The maximum Gasteiger partial charge on any atom is 0.185 e. The zero-order valence-corrected chi connectivity index (χ0v) is 18.3. The van der Waals surface area contributed by atoms with E-state index in [9.17, 15) is 4.79 Å². The SMILES string of the molecule is CCCc1c(/C=C/C(=O)c2ccc(OC)cc2)cc(OC(C)C)cc1OC(C)C. The van der Waals surface area contributed by atoms with Gasteiger partial charge in [0.05, 0.1) is 19.3 Å². The molecule has 0 aromatic heterocycles. The van der Waals surface area contributed by atoms with Gasteiger partial charge in [-0.3, -0.25) is 4.79 Å². The predicted molar refractivity (Wildman–Crippen MR) is 118 cm³/mol. The molecule has 0 spiro atoms. The highest BCUT2D eigenvalue weighted by Crippen LogP contribution is 2.32. The van der Waals surface area contributed by atoms with Crippen LogP contribution in [-0.2, 0) is 6.42 Å². The minimum Gasteiger partial charge on any atom is -0.497 e. The van der Waals surface area contributed by atoms with Gasteiger partial charge in [-0.15, -0.1) is 0 Å². The zero-order chi connectivity index (χ0) is 21.4. The van der Waals surface area contributed by atoms with Gasteiger partial charge >= 0.3 is 0 Å². The van der Waals surface area contributed by atoms with E-state index in [-0.39, 0.29) is 18.0 Å². The molecule has 0 aliphatic heterocycles. The molecule has 0 aliphatic rings. The summed E-state index contributed by atoms with van der Waals surface area (Å²) in [4.78, 5) is 12.6. The summed E-state index contributed by atoms with van der Waals surface area (Å²) in [6.45, 7) is 10.1. The number of methoxy groups -OCH3 is 1. The zero-order valence-electron chi connectivity index (χ0n) is 18.3. The first-order valence-corrected chi connectivity index (χ1v) is 10.2. The lowest BCUT2D eigenvalue weighted by atomic mass is 9.99. The molecule has 0 atom stereocenters. The fourth-order valence-electron chi connectivity index (χ4n) is 3.02. The van der Waals surface area contributed by atoms with E-state index in [0.29, 0.717) is 5.56 Å². The summed E-state index contributed by atoms with van der Waals surface area (Å²) in [5.74, 6) is 2.23. The average Bonchev–Trinajstić information content (AvgIpc) is 2.67. The number of hydrogen-bond donors (Lipinski definition) is 0. The van der Waals surface area contributed by atoms with Crippen molar-refractivity contribution in [3.63, 3.8) is 0 Å². The second-order valence-electron chi connectivity index (χ2n) is 7.50. The van der Waals surface area contributed by atoms with Crippen LogP contribution < -0.4 is 14.2 Å². The lowest BCUT2D eigenvalue weighted by Crippen LogP contribution is -2.10. The third-order valence-corrected chi connectivity index (χ3v) is 4.24. The first kappa shape index (κ1) is 22.5. The fraction of sp³-hybridized carbons (Fsp3) is 0.400. The number of allylic oxidation sites excluding steroid dienone is 1. The van der Waals surface area contributed by atoms with Gasteiger partial charge in [-0.2, -0.15) is 0 Å². The molecule has 0 fully saturated rings. The maximum atomic E-state index is 12.6. The molecule has 0 unspecified atom stereocenters. The van der Waals surface area contributed by atoms with Crippen LogP contribution in [0.2, 0.25) is 0 Å². The molecular formula is C25H32O4. The van der Waals surface area contributed by atoms with E-state index >= 15 is 0 Å². The van der Waals surface area contributed by atoms with Crippen molar-refractivity contribution in [2.45, 2.75) is 59.7 Å². The van der Waals surface area contributed by atoms with E-state index in [1.54, 1.807) is 37.5 Å². The Morgan fingerprint density at radius 3 is 2.17 bits per heavy atom. The van der Waals surface area contributed by atoms with Gasteiger partial charge in [0.15, 0.2) is 5.78 Å². The average molecular weight is 397 g/mol. The molecule has 4 heteroatoms. The second kappa shape index (κ2) is 10.7. The van der Waals surface area contributed by atoms with Crippen molar-refractivity contribution in [3.05, 3.63) is 59.2 Å². The lowest BCUT2D eigenvalue weighted by Gasteiger charge is -2.19. The van der Waals surface area contributed by atoms with Crippen LogP contribution in [0.3, 0.4) is 0 Å². The number of ether oxygens (including phenoxy) is 3. The highest BCUT2D eigenvalue weighted by atomic mass is 16.5. The molecule has 0 saturated heterocycles. The van der Waals surface area contributed by atoms with Gasteiger partial charge in [0.1, 0.15) is 17.2 Å². The standard InChI is InChI=1S/C25H32O4/c1-7-8-23-20(11-14-24(26)19-9-12-21(27-6)13-10-19)15-22(28-17(2)3)16-25(23)29-18(4)5/h9-18H,7-8H2,1-6H3/b14-11+. The summed E-state index contributed by atoms with van der Waals surface area (Å²) in [6.07, 6.45) is 5.41. The van der Waals surface area contributed by atoms with Gasteiger partial charge in [-0.05, 0) is 76.1 Å². The highest BCUT2D eigenvalue weighted by Gasteiger charge is 2.14. The first-order chi connectivity index (χ1) is 13.8. The van der Waals surface area contributed by atoms with Gasteiger partial charge in [-0.25, -0.2) is 0 Å². The Bertz CT molecular complexity index is 833. The van der Waals surface area contributed by atoms with Crippen LogP contribution in [0.1, 0.15) is 62.5 Å². The van der Waals surface area contributed by atoms with E-state index < -0.39 is 0 Å². The van der Waals surface area contributed by atoms with Crippen LogP contribution >= 0.6 is 0 Å². The minimum atomic E-state index is -0.0587. The molecule has 29 heavy (non-hydrogen) atoms. The van der Waals surface area contributed by atoms with Crippen molar-refractivity contribution in [2.75, 3.05) is 7.11 Å². The lowest BCUT2D eigenvalue weighted by molar-refractivity contribution is 0.104. The summed E-state index contributed by atoms with van der Waals surface area (Å²) in [5.41, 5.74) is 2.66. The van der Waals surface area contributed by atoms with Crippen molar-refractivity contribution in [2.24, 2.45) is 0 Å². The molecule has 0 bridgehead atoms. The van der Waals surface area contributed by atoms with Crippen LogP contribution in [0.4, 0.5) is 0 Å². The summed E-state index contributed by atoms with van der Waals surface area (Å²) in [7, 11) is 1.61. The molecule has 156 valence electrons. The third-order valence-electron chi connectivity index (χ3n) is 4.24. The van der Waals surface area contributed by atoms with Crippen LogP contribution in [-0.4, -0.2) is 25.1 Å². The normalized spacial score (nSPS) is 11.3. The van der Waals surface area contributed by atoms with Crippen molar-refractivity contribution in [3.8, 4) is 17.2 Å². The van der Waals surface area contributed by atoms with Crippen molar-refractivity contribution in [1.29, 1.82) is 0 Å². The van der Waals surface area contributed by atoms with Crippen molar-refractivity contribution >= 4 is 11.9 Å². The Kier molecular flexibility index (Phi) is 8.32. The van der Waals surface area contributed by atoms with E-state index in [1.165, 1.54) is 0 Å². The van der Waals surface area contributed by atoms with Crippen LogP contribution in [0.5, 0.6) is 17.2 Å². The summed E-state index contributed by atoms with van der Waals surface area (Å²) >= 11 is 0. The Balaban J connectivity index is 2.40. The van der Waals surface area contributed by atoms with E-state index in [0.717, 1.165) is 41.2 Å². The van der Waals surface area contributed by atoms with E-state index in [1.807, 2.05) is 45.9 Å². The van der Waals surface area contributed by atoms with E-state index in [4.69, 9.17) is 14.2 Å². The Labute approximate surface area is 174 Å². The van der Waals surface area contributed by atoms with Crippen molar-refractivity contribution in [1.82, 2.24) is 0 Å². The molecule has 0 aliphatic carbocycles. The topological polar surface area (TPSA) is 44.8 Å². The predicted octanol–water partition coefficient (Wildman–Crippen LogP) is 6.12. The van der Waals surface area contributed by atoms with Crippen molar-refractivity contribution < 1.29 is 19.0 Å². The Morgan fingerprint density at radius 1 is 0.966 bits per heavy atom. The van der Waals surface area contributed by atoms with Gasteiger partial charge < -0.3 is 14.2 Å². The molecule has 2 aromatic carbocycles.